The molecule has 0 aromatic heterocycles. The molecule has 1 unspecified atom stereocenters. The minimum absolute atomic E-state index is 0.00306. The van der Waals surface area contributed by atoms with Crippen LogP contribution >= 0.6 is 11.8 Å². The second kappa shape index (κ2) is 10.6. The normalized spacial score (nSPS) is 12.4. The summed E-state index contributed by atoms with van der Waals surface area (Å²) in [5.74, 6) is 1.93. The van der Waals surface area contributed by atoms with Gasteiger partial charge in [-0.15, -0.1) is 0 Å². The molecule has 2 N–H and O–H groups in total. The number of hydrogen-bond acceptors (Lipinski definition) is 6. The van der Waals surface area contributed by atoms with Gasteiger partial charge in [0, 0.05) is 23.6 Å². The van der Waals surface area contributed by atoms with Crippen molar-refractivity contribution in [3.05, 3.63) is 23.3 Å². The van der Waals surface area contributed by atoms with Crippen molar-refractivity contribution in [2.75, 3.05) is 38.8 Å². The molecule has 0 saturated heterocycles. The number of hydrogen-bond donors (Lipinski definition) is 2. The Bertz CT molecular complexity index is 534. The summed E-state index contributed by atoms with van der Waals surface area (Å²) < 4.78 is 5.70. The van der Waals surface area contributed by atoms with Crippen molar-refractivity contribution < 1.29 is 19.7 Å². The third kappa shape index (κ3) is 6.71. The maximum atomic E-state index is 11.5. The lowest BCUT2D eigenvalue weighted by Crippen LogP contribution is -2.22. The van der Waals surface area contributed by atoms with E-state index in [1.807, 2.05) is 21.0 Å². The Morgan fingerprint density at radius 2 is 2.08 bits per heavy atom. The molecule has 1 atom stereocenters. The number of rotatable bonds is 11. The fraction of sp³-hybridized carbons (Fsp3) is 0.611. The molecule has 0 radical (unpaired) electrons. The third-order valence-corrected chi connectivity index (χ3v) is 4.64. The maximum absolute atomic E-state index is 11.5. The van der Waals surface area contributed by atoms with Crippen LogP contribution in [0.3, 0.4) is 0 Å². The Kier molecular flexibility index (Phi) is 9.18. The van der Waals surface area contributed by atoms with Crippen molar-refractivity contribution in [3.8, 4) is 11.5 Å². The number of benzene rings is 1. The summed E-state index contributed by atoms with van der Waals surface area (Å²) in [6.07, 6.45) is 0.880. The van der Waals surface area contributed by atoms with Crippen molar-refractivity contribution in [1.82, 2.24) is 4.90 Å². The van der Waals surface area contributed by atoms with Crippen LogP contribution in [0.5, 0.6) is 11.5 Å². The number of Topliss-reactive ketones (excluding diaryl/α,β-unsaturated/α-hetero) is 1. The van der Waals surface area contributed by atoms with E-state index in [1.165, 1.54) is 6.92 Å². The van der Waals surface area contributed by atoms with E-state index in [2.05, 4.69) is 4.90 Å². The van der Waals surface area contributed by atoms with E-state index in [-0.39, 0.29) is 18.1 Å². The number of carbonyl (C=O) groups excluding carboxylic acids is 1. The van der Waals surface area contributed by atoms with Gasteiger partial charge >= 0.3 is 0 Å². The summed E-state index contributed by atoms with van der Waals surface area (Å²) in [6, 6.07) is 3.28. The number of aromatic hydroxyl groups is 1. The zero-order valence-electron chi connectivity index (χ0n) is 15.0. The fourth-order valence-corrected chi connectivity index (χ4v) is 3.26. The van der Waals surface area contributed by atoms with Crippen molar-refractivity contribution in [2.24, 2.45) is 0 Å². The molecule has 1 rings (SSSR count). The molecule has 0 aliphatic carbocycles. The highest BCUT2D eigenvalue weighted by Crippen LogP contribution is 2.33. The highest BCUT2D eigenvalue weighted by Gasteiger charge is 2.16. The Morgan fingerprint density at radius 3 is 2.67 bits per heavy atom. The molecule has 0 fully saturated rings. The number of ketones is 1. The van der Waals surface area contributed by atoms with E-state index >= 15 is 0 Å². The molecule has 0 aliphatic heterocycles. The molecular formula is C18H29NO4S. The fourth-order valence-electron chi connectivity index (χ4n) is 2.23. The molecular weight excluding hydrogens is 326 g/mol. The van der Waals surface area contributed by atoms with Crippen molar-refractivity contribution in [1.29, 1.82) is 0 Å². The molecule has 0 aliphatic rings. The van der Waals surface area contributed by atoms with Crippen LogP contribution in [0.25, 0.3) is 0 Å². The van der Waals surface area contributed by atoms with Gasteiger partial charge in [0.1, 0.15) is 18.1 Å². The molecule has 1 aromatic carbocycles. The summed E-state index contributed by atoms with van der Waals surface area (Å²) in [5.41, 5.74) is 0.947. The Hall–Kier alpha value is -1.24. The van der Waals surface area contributed by atoms with E-state index in [4.69, 9.17) is 4.74 Å². The molecule has 136 valence electrons. The van der Waals surface area contributed by atoms with Crippen molar-refractivity contribution in [3.63, 3.8) is 0 Å². The van der Waals surface area contributed by atoms with Gasteiger partial charge in [-0.2, -0.15) is 11.8 Å². The first-order valence-electron chi connectivity index (χ1n) is 8.25. The van der Waals surface area contributed by atoms with Crippen LogP contribution in [0.15, 0.2) is 12.1 Å². The Balaban J connectivity index is 2.63. The number of ether oxygens (including phenoxy) is 1. The second-order valence-corrected chi connectivity index (χ2v) is 7.24. The van der Waals surface area contributed by atoms with Gasteiger partial charge in [-0.3, -0.25) is 4.79 Å². The maximum Gasteiger partial charge on any atom is 0.163 e. The topological polar surface area (TPSA) is 70.0 Å². The zero-order chi connectivity index (χ0) is 18.1. The Labute approximate surface area is 149 Å². The van der Waals surface area contributed by atoms with E-state index in [1.54, 1.807) is 23.9 Å². The number of phenols is 1. The van der Waals surface area contributed by atoms with Gasteiger partial charge in [-0.25, -0.2) is 0 Å². The number of aliphatic hydroxyl groups excluding tert-OH is 1. The van der Waals surface area contributed by atoms with Crippen LogP contribution < -0.4 is 4.74 Å². The predicted octanol–water partition coefficient (Wildman–Crippen LogP) is 2.58. The molecule has 0 heterocycles. The average molecular weight is 356 g/mol. The first-order valence-corrected chi connectivity index (χ1v) is 9.41. The van der Waals surface area contributed by atoms with E-state index < -0.39 is 6.10 Å². The highest BCUT2D eigenvalue weighted by atomic mass is 32.2. The summed E-state index contributed by atoms with van der Waals surface area (Å²) in [7, 11) is 4.04. The third-order valence-electron chi connectivity index (χ3n) is 3.54. The average Bonchev–Trinajstić information content (AvgIpc) is 2.51. The first-order chi connectivity index (χ1) is 11.4. The van der Waals surface area contributed by atoms with Gasteiger partial charge in [-0.1, -0.05) is 13.3 Å². The first kappa shape index (κ1) is 20.8. The second-order valence-electron chi connectivity index (χ2n) is 6.09. The van der Waals surface area contributed by atoms with Crippen LogP contribution in [0, 0.1) is 0 Å². The molecule has 0 amide bonds. The van der Waals surface area contributed by atoms with Crippen LogP contribution in [-0.2, 0) is 6.42 Å². The molecule has 5 nitrogen and oxygen atoms in total. The molecule has 0 saturated carbocycles. The van der Waals surface area contributed by atoms with E-state index in [0.717, 1.165) is 18.7 Å². The summed E-state index contributed by atoms with van der Waals surface area (Å²) in [6.45, 7) is 4.57. The van der Waals surface area contributed by atoms with E-state index in [9.17, 15) is 15.0 Å². The standard InChI is InChI=1S/C18H29NO4S/c1-5-6-16-17(8-7-15(13(2)20)18(16)22)23-11-14(21)12-24-10-9-19(3)4/h7-8,14,21-22H,5-6,9-12H2,1-4H3. The quantitative estimate of drug-likeness (QED) is 0.470. The van der Waals surface area contributed by atoms with Crippen LogP contribution in [0.2, 0.25) is 0 Å². The van der Waals surface area contributed by atoms with Gasteiger partial charge in [0.05, 0.1) is 11.7 Å². The molecule has 24 heavy (non-hydrogen) atoms. The van der Waals surface area contributed by atoms with Crippen molar-refractivity contribution >= 4 is 17.5 Å². The van der Waals surface area contributed by atoms with Gasteiger partial charge in [0.15, 0.2) is 5.78 Å². The van der Waals surface area contributed by atoms with Crippen LogP contribution in [0.4, 0.5) is 0 Å². The largest absolute Gasteiger partial charge is 0.507 e. The van der Waals surface area contributed by atoms with Gasteiger partial charge in [0.2, 0.25) is 0 Å². The molecule has 6 heteroatoms. The van der Waals surface area contributed by atoms with E-state index in [0.29, 0.717) is 29.1 Å². The lowest BCUT2D eigenvalue weighted by Gasteiger charge is -2.17. The number of aliphatic hydroxyl groups is 1. The Morgan fingerprint density at radius 1 is 1.38 bits per heavy atom. The molecule has 0 bridgehead atoms. The summed E-state index contributed by atoms with van der Waals surface area (Å²) in [4.78, 5) is 13.7. The molecule has 0 spiro atoms. The highest BCUT2D eigenvalue weighted by molar-refractivity contribution is 7.99. The minimum Gasteiger partial charge on any atom is -0.507 e. The molecule has 1 aromatic rings. The van der Waals surface area contributed by atoms with Gasteiger partial charge in [-0.05, 0) is 39.6 Å². The monoisotopic (exact) mass is 355 g/mol. The summed E-state index contributed by atoms with van der Waals surface area (Å²) in [5, 5.41) is 20.3. The lowest BCUT2D eigenvalue weighted by atomic mass is 10.0. The van der Waals surface area contributed by atoms with Gasteiger partial charge < -0.3 is 19.8 Å². The van der Waals surface area contributed by atoms with Crippen molar-refractivity contribution in [2.45, 2.75) is 32.8 Å². The SMILES string of the molecule is CCCc1c(OCC(O)CSCCN(C)C)ccc(C(C)=O)c1O. The smallest absolute Gasteiger partial charge is 0.163 e. The minimum atomic E-state index is -0.568. The lowest BCUT2D eigenvalue weighted by molar-refractivity contribution is 0.101. The summed E-state index contributed by atoms with van der Waals surface area (Å²) >= 11 is 1.68. The number of carbonyl (C=O) groups is 1. The number of thioether (sulfide) groups is 1. The number of nitrogens with zero attached hydrogens (tertiary/aromatic N) is 1. The zero-order valence-corrected chi connectivity index (χ0v) is 15.9. The van der Waals surface area contributed by atoms with Gasteiger partial charge in [0.25, 0.3) is 0 Å². The number of phenolic OH excluding ortho intramolecular Hbond substituents is 1. The predicted molar refractivity (Wildman–Crippen MR) is 99.5 cm³/mol. The van der Waals surface area contributed by atoms with Crippen LogP contribution in [0.1, 0.15) is 36.2 Å². The van der Waals surface area contributed by atoms with Crippen LogP contribution in [-0.4, -0.2) is 65.8 Å².